The van der Waals surface area contributed by atoms with Crippen molar-refractivity contribution in [3.63, 3.8) is 0 Å². The maximum absolute atomic E-state index is 13.4. The van der Waals surface area contributed by atoms with Crippen LogP contribution in [-0.2, 0) is 6.18 Å². The van der Waals surface area contributed by atoms with Crippen LogP contribution in [0.2, 0.25) is 0 Å². The highest BCUT2D eigenvalue weighted by atomic mass is 19.4. The third-order valence-corrected chi connectivity index (χ3v) is 2.80. The van der Waals surface area contributed by atoms with Crippen LogP contribution in [0.3, 0.4) is 0 Å². The quantitative estimate of drug-likeness (QED) is 0.744. The molecule has 0 saturated carbocycles. The number of benzene rings is 2. The summed E-state index contributed by atoms with van der Waals surface area (Å²) in [6, 6.07) is 8.39. The smallest absolute Gasteiger partial charge is 0.417 e. The van der Waals surface area contributed by atoms with Gasteiger partial charge in [0.15, 0.2) is 0 Å². The van der Waals surface area contributed by atoms with Gasteiger partial charge in [-0.3, -0.25) is 0 Å². The average molecular weight is 295 g/mol. The van der Waals surface area contributed by atoms with Gasteiger partial charge in [-0.2, -0.15) is 18.4 Å². The standard InChI is InChI=1S/C15H9F4NO/c1-9-2-3-12(7-14(9)16)21-11-4-5-13(15(17,18)19)10(6-11)8-20/h2-7H,1H3. The van der Waals surface area contributed by atoms with Gasteiger partial charge in [-0.05, 0) is 36.8 Å². The first-order valence-electron chi connectivity index (χ1n) is 5.86. The normalized spacial score (nSPS) is 11.0. The minimum absolute atomic E-state index is 0.0304. The van der Waals surface area contributed by atoms with E-state index in [9.17, 15) is 17.6 Å². The fraction of sp³-hybridized carbons (Fsp3) is 0.133. The molecule has 0 spiro atoms. The molecule has 2 aromatic carbocycles. The Hall–Kier alpha value is -2.55. The number of alkyl halides is 3. The zero-order chi connectivity index (χ0) is 15.6. The SMILES string of the molecule is Cc1ccc(Oc2ccc(C(F)(F)F)c(C#N)c2)cc1F. The van der Waals surface area contributed by atoms with Gasteiger partial charge >= 0.3 is 6.18 Å². The molecule has 0 unspecified atom stereocenters. The molecule has 0 amide bonds. The first kappa shape index (κ1) is 14.9. The van der Waals surface area contributed by atoms with Crippen molar-refractivity contribution in [3.05, 3.63) is 58.9 Å². The molecule has 0 heterocycles. The largest absolute Gasteiger partial charge is 0.457 e. The molecule has 6 heteroatoms. The summed E-state index contributed by atoms with van der Waals surface area (Å²) in [6.07, 6.45) is -4.61. The van der Waals surface area contributed by atoms with Crippen molar-refractivity contribution in [1.82, 2.24) is 0 Å². The minimum Gasteiger partial charge on any atom is -0.457 e. The van der Waals surface area contributed by atoms with Gasteiger partial charge in [-0.25, -0.2) is 4.39 Å². The molecule has 2 aromatic rings. The zero-order valence-corrected chi connectivity index (χ0v) is 10.8. The fourth-order valence-corrected chi connectivity index (χ4v) is 1.70. The van der Waals surface area contributed by atoms with Crippen LogP contribution in [0.15, 0.2) is 36.4 Å². The molecule has 0 N–H and O–H groups in total. The molecule has 2 nitrogen and oxygen atoms in total. The number of aryl methyl sites for hydroxylation is 1. The molecule has 0 atom stereocenters. The van der Waals surface area contributed by atoms with Crippen molar-refractivity contribution < 1.29 is 22.3 Å². The highest BCUT2D eigenvalue weighted by Gasteiger charge is 2.33. The summed E-state index contributed by atoms with van der Waals surface area (Å²) in [5, 5.41) is 8.79. The lowest BCUT2D eigenvalue weighted by Crippen LogP contribution is -2.07. The second-order valence-corrected chi connectivity index (χ2v) is 4.33. The summed E-state index contributed by atoms with van der Waals surface area (Å²) in [6.45, 7) is 1.57. The van der Waals surface area contributed by atoms with Crippen LogP contribution in [0.5, 0.6) is 11.5 Å². The van der Waals surface area contributed by atoms with E-state index in [2.05, 4.69) is 0 Å². The van der Waals surface area contributed by atoms with Crippen LogP contribution in [0, 0.1) is 24.1 Å². The Balaban J connectivity index is 2.34. The maximum atomic E-state index is 13.4. The highest BCUT2D eigenvalue weighted by Crippen LogP contribution is 2.34. The van der Waals surface area contributed by atoms with Gasteiger partial charge in [0.05, 0.1) is 17.2 Å². The van der Waals surface area contributed by atoms with E-state index in [1.54, 1.807) is 6.92 Å². The first-order chi connectivity index (χ1) is 9.81. The number of nitriles is 1. The fourth-order valence-electron chi connectivity index (χ4n) is 1.70. The lowest BCUT2D eigenvalue weighted by Gasteiger charge is -2.11. The van der Waals surface area contributed by atoms with E-state index in [0.29, 0.717) is 5.56 Å². The van der Waals surface area contributed by atoms with Gasteiger partial charge in [0.1, 0.15) is 17.3 Å². The van der Waals surface area contributed by atoms with Gasteiger partial charge in [0.25, 0.3) is 0 Å². The predicted molar refractivity (Wildman–Crippen MR) is 67.4 cm³/mol. The molecular formula is C15H9F4NO. The van der Waals surface area contributed by atoms with Crippen molar-refractivity contribution in [1.29, 1.82) is 5.26 Å². The lowest BCUT2D eigenvalue weighted by atomic mass is 10.1. The van der Waals surface area contributed by atoms with Gasteiger partial charge < -0.3 is 4.74 Å². The molecule has 0 radical (unpaired) electrons. The number of hydrogen-bond donors (Lipinski definition) is 0. The Morgan fingerprint density at radius 3 is 2.24 bits per heavy atom. The number of nitrogens with zero attached hydrogens (tertiary/aromatic N) is 1. The Bertz CT molecular complexity index is 717. The molecule has 0 aliphatic rings. The Morgan fingerprint density at radius 1 is 1.05 bits per heavy atom. The Labute approximate surface area is 118 Å². The van der Waals surface area contributed by atoms with Gasteiger partial charge in [0.2, 0.25) is 0 Å². The molecule has 0 bridgehead atoms. The molecule has 0 saturated heterocycles. The van der Waals surface area contributed by atoms with Gasteiger partial charge in [-0.15, -0.1) is 0 Å². The van der Waals surface area contributed by atoms with Crippen LogP contribution < -0.4 is 4.74 Å². The molecule has 2 rings (SSSR count). The average Bonchev–Trinajstić information content (AvgIpc) is 2.41. The van der Waals surface area contributed by atoms with Crippen LogP contribution in [0.25, 0.3) is 0 Å². The summed E-state index contributed by atoms with van der Waals surface area (Å²) < 4.78 is 56.6. The molecular weight excluding hydrogens is 286 g/mol. The van der Waals surface area contributed by atoms with E-state index in [4.69, 9.17) is 10.00 Å². The summed E-state index contributed by atoms with van der Waals surface area (Å²) in [7, 11) is 0. The van der Waals surface area contributed by atoms with E-state index in [1.807, 2.05) is 0 Å². The van der Waals surface area contributed by atoms with Crippen LogP contribution >= 0.6 is 0 Å². The predicted octanol–water partition coefficient (Wildman–Crippen LogP) is 4.82. The van der Waals surface area contributed by atoms with Crippen LogP contribution in [0.4, 0.5) is 17.6 Å². The lowest BCUT2D eigenvalue weighted by molar-refractivity contribution is -0.137. The number of halogens is 4. The third-order valence-electron chi connectivity index (χ3n) is 2.80. The molecule has 0 fully saturated rings. The molecule has 21 heavy (non-hydrogen) atoms. The van der Waals surface area contributed by atoms with E-state index >= 15 is 0 Å². The van der Waals surface area contributed by atoms with Crippen LogP contribution in [-0.4, -0.2) is 0 Å². The van der Waals surface area contributed by atoms with Crippen molar-refractivity contribution in [2.24, 2.45) is 0 Å². The van der Waals surface area contributed by atoms with E-state index in [0.717, 1.165) is 24.3 Å². The highest BCUT2D eigenvalue weighted by molar-refractivity contribution is 5.46. The Kier molecular flexibility index (Phi) is 3.85. The summed E-state index contributed by atoms with van der Waals surface area (Å²) in [4.78, 5) is 0. The maximum Gasteiger partial charge on any atom is 0.417 e. The van der Waals surface area contributed by atoms with Crippen molar-refractivity contribution in [3.8, 4) is 17.6 Å². The Morgan fingerprint density at radius 2 is 1.67 bits per heavy atom. The summed E-state index contributed by atoms with van der Waals surface area (Å²) in [5.41, 5.74) is -1.16. The third kappa shape index (κ3) is 3.31. The molecule has 108 valence electrons. The number of hydrogen-bond acceptors (Lipinski definition) is 2. The van der Waals surface area contributed by atoms with E-state index < -0.39 is 23.1 Å². The van der Waals surface area contributed by atoms with Crippen molar-refractivity contribution in [2.45, 2.75) is 13.1 Å². The zero-order valence-electron chi connectivity index (χ0n) is 10.8. The molecule has 0 aromatic heterocycles. The van der Waals surface area contributed by atoms with Crippen molar-refractivity contribution in [2.75, 3.05) is 0 Å². The van der Waals surface area contributed by atoms with E-state index in [-0.39, 0.29) is 11.5 Å². The molecule has 0 aliphatic carbocycles. The topological polar surface area (TPSA) is 33.0 Å². The number of rotatable bonds is 2. The second-order valence-electron chi connectivity index (χ2n) is 4.33. The van der Waals surface area contributed by atoms with Gasteiger partial charge in [-0.1, -0.05) is 6.07 Å². The second kappa shape index (κ2) is 5.44. The van der Waals surface area contributed by atoms with Crippen LogP contribution in [0.1, 0.15) is 16.7 Å². The first-order valence-corrected chi connectivity index (χ1v) is 5.86. The summed E-state index contributed by atoms with van der Waals surface area (Å²) >= 11 is 0. The summed E-state index contributed by atoms with van der Waals surface area (Å²) in [5.74, 6) is -0.315. The van der Waals surface area contributed by atoms with Crippen molar-refractivity contribution >= 4 is 0 Å². The number of ether oxygens (including phenoxy) is 1. The van der Waals surface area contributed by atoms with E-state index in [1.165, 1.54) is 18.2 Å². The minimum atomic E-state index is -4.61. The molecule has 0 aliphatic heterocycles. The monoisotopic (exact) mass is 295 g/mol. The van der Waals surface area contributed by atoms with Gasteiger partial charge in [0, 0.05) is 6.07 Å².